The van der Waals surface area contributed by atoms with Gasteiger partial charge >= 0.3 is 0 Å². The number of rotatable bonds is 8. The minimum absolute atomic E-state index is 0.347. The normalized spacial score (nSPS) is 17.2. The number of hydrogen-bond acceptors (Lipinski definition) is 2. The molecule has 21 heavy (non-hydrogen) atoms. The minimum Gasteiger partial charge on any atom is -0.381 e. The first-order valence-corrected chi connectivity index (χ1v) is 8.73. The van der Waals surface area contributed by atoms with Crippen LogP contribution in [0.1, 0.15) is 78.6 Å². The molecule has 3 nitrogen and oxygen atoms in total. The average molecular weight is 297 g/mol. The summed E-state index contributed by atoms with van der Waals surface area (Å²) in [5.74, 6) is 0.347. The zero-order valence-electron chi connectivity index (χ0n) is 14.6. The second-order valence-corrected chi connectivity index (χ2v) is 7.64. The fourth-order valence-corrected chi connectivity index (χ4v) is 2.96. The third-order valence-corrected chi connectivity index (χ3v) is 4.45. The van der Waals surface area contributed by atoms with Gasteiger partial charge < -0.3 is 9.64 Å². The fraction of sp³-hybridized carbons (Fsp3) is 0.944. The SMILES string of the molecule is COC1CCN(C(=O)CCCCCCCC(C)(C)C)CC1. The molecule has 1 fully saturated rings. The number of ether oxygens (including phenoxy) is 1. The van der Waals surface area contributed by atoms with Gasteiger partial charge in [-0.2, -0.15) is 0 Å². The number of amides is 1. The summed E-state index contributed by atoms with van der Waals surface area (Å²) >= 11 is 0. The molecule has 0 unspecified atom stereocenters. The lowest BCUT2D eigenvalue weighted by Crippen LogP contribution is -2.40. The van der Waals surface area contributed by atoms with E-state index in [0.29, 0.717) is 17.4 Å². The number of unbranched alkanes of at least 4 members (excludes halogenated alkanes) is 4. The van der Waals surface area contributed by atoms with Crippen LogP contribution in [0.4, 0.5) is 0 Å². The summed E-state index contributed by atoms with van der Waals surface area (Å²) in [6, 6.07) is 0. The van der Waals surface area contributed by atoms with Gasteiger partial charge in [0.25, 0.3) is 0 Å². The Balaban J connectivity index is 1.99. The number of likely N-dealkylation sites (tertiary alicyclic amines) is 1. The van der Waals surface area contributed by atoms with Gasteiger partial charge in [0, 0.05) is 26.6 Å². The van der Waals surface area contributed by atoms with Gasteiger partial charge in [-0.05, 0) is 31.1 Å². The Bertz CT molecular complexity index is 288. The van der Waals surface area contributed by atoms with E-state index in [-0.39, 0.29) is 0 Å². The highest BCUT2D eigenvalue weighted by molar-refractivity contribution is 5.76. The van der Waals surface area contributed by atoms with E-state index in [4.69, 9.17) is 4.74 Å². The molecule has 1 rings (SSSR count). The summed E-state index contributed by atoms with van der Waals surface area (Å²) in [5, 5.41) is 0. The van der Waals surface area contributed by atoms with Crippen LogP contribution in [0.25, 0.3) is 0 Å². The lowest BCUT2D eigenvalue weighted by atomic mass is 9.89. The molecule has 1 saturated heterocycles. The summed E-state index contributed by atoms with van der Waals surface area (Å²) < 4.78 is 5.34. The summed E-state index contributed by atoms with van der Waals surface area (Å²) in [5.41, 5.74) is 0.463. The zero-order chi connectivity index (χ0) is 15.7. The molecule has 0 aliphatic carbocycles. The van der Waals surface area contributed by atoms with Crippen molar-refractivity contribution in [2.45, 2.75) is 84.7 Å². The molecule has 0 atom stereocenters. The van der Waals surface area contributed by atoms with Crippen LogP contribution in [-0.4, -0.2) is 37.1 Å². The van der Waals surface area contributed by atoms with Crippen LogP contribution in [0, 0.1) is 5.41 Å². The highest BCUT2D eigenvalue weighted by atomic mass is 16.5. The maximum Gasteiger partial charge on any atom is 0.222 e. The van der Waals surface area contributed by atoms with E-state index in [1.807, 2.05) is 4.90 Å². The van der Waals surface area contributed by atoms with E-state index < -0.39 is 0 Å². The fourth-order valence-electron chi connectivity index (χ4n) is 2.96. The van der Waals surface area contributed by atoms with Crippen LogP contribution in [0.5, 0.6) is 0 Å². The van der Waals surface area contributed by atoms with E-state index >= 15 is 0 Å². The predicted octanol–water partition coefficient (Wildman–Crippen LogP) is 4.40. The summed E-state index contributed by atoms with van der Waals surface area (Å²) in [6.45, 7) is 8.67. The van der Waals surface area contributed by atoms with E-state index in [1.165, 1.54) is 32.1 Å². The van der Waals surface area contributed by atoms with Crippen LogP contribution >= 0.6 is 0 Å². The van der Waals surface area contributed by atoms with Crippen molar-refractivity contribution >= 4 is 5.91 Å². The second-order valence-electron chi connectivity index (χ2n) is 7.64. The van der Waals surface area contributed by atoms with Crippen LogP contribution < -0.4 is 0 Å². The largest absolute Gasteiger partial charge is 0.381 e. The average Bonchev–Trinajstić information content (AvgIpc) is 2.45. The van der Waals surface area contributed by atoms with Gasteiger partial charge in [0.1, 0.15) is 0 Å². The number of carbonyl (C=O) groups excluding carboxylic acids is 1. The van der Waals surface area contributed by atoms with Gasteiger partial charge in [0.15, 0.2) is 0 Å². The molecule has 0 saturated carbocycles. The van der Waals surface area contributed by atoms with Crippen molar-refractivity contribution in [2.24, 2.45) is 5.41 Å². The number of hydrogen-bond donors (Lipinski definition) is 0. The molecular weight excluding hydrogens is 262 g/mol. The zero-order valence-corrected chi connectivity index (χ0v) is 14.6. The standard InChI is InChI=1S/C18H35NO2/c1-18(2,3)13-9-7-5-6-8-10-17(20)19-14-11-16(21-4)12-15-19/h16H,5-15H2,1-4H3. The highest BCUT2D eigenvalue weighted by Crippen LogP contribution is 2.22. The van der Waals surface area contributed by atoms with Crippen molar-refractivity contribution in [3.8, 4) is 0 Å². The molecule has 0 bridgehead atoms. The Morgan fingerprint density at radius 3 is 2.19 bits per heavy atom. The van der Waals surface area contributed by atoms with Crippen molar-refractivity contribution in [1.29, 1.82) is 0 Å². The molecule has 0 aromatic carbocycles. The first kappa shape index (κ1) is 18.5. The van der Waals surface area contributed by atoms with Crippen LogP contribution in [-0.2, 0) is 9.53 Å². The van der Waals surface area contributed by atoms with Crippen LogP contribution in [0.3, 0.4) is 0 Å². The van der Waals surface area contributed by atoms with Crippen LogP contribution in [0.15, 0.2) is 0 Å². The second kappa shape index (κ2) is 9.45. The summed E-state index contributed by atoms with van der Waals surface area (Å²) in [6.07, 6.45) is 10.5. The van der Waals surface area contributed by atoms with Gasteiger partial charge in [-0.25, -0.2) is 0 Å². The molecule has 1 aliphatic heterocycles. The Kier molecular flexibility index (Phi) is 8.31. The summed E-state index contributed by atoms with van der Waals surface area (Å²) in [4.78, 5) is 14.1. The quantitative estimate of drug-likeness (QED) is 0.621. The Labute approximate surface area is 131 Å². The number of nitrogens with zero attached hydrogens (tertiary/aromatic N) is 1. The lowest BCUT2D eigenvalue weighted by molar-refractivity contribution is -0.133. The molecule has 1 heterocycles. The molecule has 124 valence electrons. The molecular formula is C18H35NO2. The first-order chi connectivity index (χ1) is 9.92. The van der Waals surface area contributed by atoms with Crippen molar-refractivity contribution in [2.75, 3.05) is 20.2 Å². The molecule has 0 aromatic rings. The maximum absolute atomic E-state index is 12.1. The minimum atomic E-state index is 0.347. The molecule has 0 radical (unpaired) electrons. The first-order valence-electron chi connectivity index (χ1n) is 8.73. The lowest BCUT2D eigenvalue weighted by Gasteiger charge is -2.31. The monoisotopic (exact) mass is 297 g/mol. The van der Waals surface area contributed by atoms with Gasteiger partial charge in [-0.15, -0.1) is 0 Å². The highest BCUT2D eigenvalue weighted by Gasteiger charge is 2.21. The van der Waals surface area contributed by atoms with Crippen molar-refractivity contribution in [3.63, 3.8) is 0 Å². The molecule has 1 amide bonds. The van der Waals surface area contributed by atoms with E-state index in [9.17, 15) is 4.79 Å². The van der Waals surface area contributed by atoms with Crippen molar-refractivity contribution in [1.82, 2.24) is 4.90 Å². The molecule has 0 N–H and O–H groups in total. The number of piperidine rings is 1. The molecule has 1 aliphatic rings. The van der Waals surface area contributed by atoms with E-state index in [0.717, 1.165) is 38.8 Å². The van der Waals surface area contributed by atoms with Gasteiger partial charge in [0.05, 0.1) is 6.10 Å². The van der Waals surface area contributed by atoms with Gasteiger partial charge in [0.2, 0.25) is 5.91 Å². The Morgan fingerprint density at radius 2 is 1.62 bits per heavy atom. The predicted molar refractivity (Wildman–Crippen MR) is 88.4 cm³/mol. The van der Waals surface area contributed by atoms with Gasteiger partial charge in [-0.3, -0.25) is 4.79 Å². The van der Waals surface area contributed by atoms with Crippen molar-refractivity contribution in [3.05, 3.63) is 0 Å². The third kappa shape index (κ3) is 8.45. The Hall–Kier alpha value is -0.570. The maximum atomic E-state index is 12.1. The Morgan fingerprint density at radius 1 is 1.05 bits per heavy atom. The smallest absolute Gasteiger partial charge is 0.222 e. The van der Waals surface area contributed by atoms with Crippen LogP contribution in [0.2, 0.25) is 0 Å². The van der Waals surface area contributed by atoms with E-state index in [2.05, 4.69) is 20.8 Å². The number of methoxy groups -OCH3 is 1. The van der Waals surface area contributed by atoms with Crippen molar-refractivity contribution < 1.29 is 9.53 Å². The topological polar surface area (TPSA) is 29.5 Å². The molecule has 0 aromatic heterocycles. The van der Waals surface area contributed by atoms with E-state index in [1.54, 1.807) is 7.11 Å². The molecule has 0 spiro atoms. The third-order valence-electron chi connectivity index (χ3n) is 4.45. The van der Waals surface area contributed by atoms with Gasteiger partial charge in [-0.1, -0.05) is 46.5 Å². The number of carbonyl (C=O) groups is 1. The summed E-state index contributed by atoms with van der Waals surface area (Å²) in [7, 11) is 1.77. The molecule has 3 heteroatoms.